The van der Waals surface area contributed by atoms with E-state index in [2.05, 4.69) is 17.1 Å². The smallest absolute Gasteiger partial charge is 0.216 e. The van der Waals surface area contributed by atoms with Crippen molar-refractivity contribution in [1.82, 2.24) is 10.2 Å². The number of likely N-dealkylation sites (tertiary alicyclic amines) is 1. The van der Waals surface area contributed by atoms with E-state index in [1.807, 2.05) is 0 Å². The highest BCUT2D eigenvalue weighted by atomic mass is 16.3. The maximum Gasteiger partial charge on any atom is 0.216 e. The molecule has 1 fully saturated rings. The second kappa shape index (κ2) is 6.86. The number of carbonyl (C=O) groups excluding carboxylic acids is 1. The fraction of sp³-hybridized carbons (Fsp3) is 0.917. The lowest BCUT2D eigenvalue weighted by Gasteiger charge is -2.39. The number of hydrogen-bond donors (Lipinski definition) is 2. The highest BCUT2D eigenvalue weighted by molar-refractivity contribution is 5.72. The molecule has 2 atom stereocenters. The van der Waals surface area contributed by atoms with Gasteiger partial charge in [0.2, 0.25) is 5.91 Å². The van der Waals surface area contributed by atoms with E-state index >= 15 is 0 Å². The number of nitrogens with one attached hydrogen (secondary N) is 1. The summed E-state index contributed by atoms with van der Waals surface area (Å²) in [6.07, 6.45) is 3.40. The zero-order chi connectivity index (χ0) is 12.0. The van der Waals surface area contributed by atoms with Gasteiger partial charge in [-0.05, 0) is 31.7 Å². The van der Waals surface area contributed by atoms with E-state index in [0.29, 0.717) is 12.0 Å². The number of nitrogens with zero attached hydrogens (tertiary/aromatic N) is 1. The Labute approximate surface area is 98.0 Å². The Morgan fingerprint density at radius 1 is 1.56 bits per heavy atom. The molecular formula is C12H24N2O2. The van der Waals surface area contributed by atoms with Gasteiger partial charge in [0.15, 0.2) is 0 Å². The Kier molecular flexibility index (Phi) is 5.77. The van der Waals surface area contributed by atoms with Crippen molar-refractivity contribution in [2.24, 2.45) is 5.92 Å². The van der Waals surface area contributed by atoms with Gasteiger partial charge < -0.3 is 10.4 Å². The molecule has 1 aliphatic rings. The molecular weight excluding hydrogens is 204 g/mol. The van der Waals surface area contributed by atoms with Crippen molar-refractivity contribution in [2.75, 3.05) is 26.2 Å². The molecule has 0 saturated carbocycles. The lowest BCUT2D eigenvalue weighted by atomic mass is 9.91. The molecule has 0 spiro atoms. The number of carbonyl (C=O) groups is 1. The molecule has 0 radical (unpaired) electrons. The molecule has 0 aromatic heterocycles. The van der Waals surface area contributed by atoms with Crippen molar-refractivity contribution in [2.45, 2.75) is 39.2 Å². The molecule has 0 aliphatic carbocycles. The summed E-state index contributed by atoms with van der Waals surface area (Å²) < 4.78 is 0. The zero-order valence-corrected chi connectivity index (χ0v) is 10.4. The minimum atomic E-state index is 0.0331. The Balaban J connectivity index is 2.25. The van der Waals surface area contributed by atoms with Gasteiger partial charge in [0.05, 0.1) is 6.61 Å². The number of aliphatic hydroxyl groups excluding tert-OH is 1. The first kappa shape index (κ1) is 13.5. The van der Waals surface area contributed by atoms with Crippen LogP contribution in [0.25, 0.3) is 0 Å². The summed E-state index contributed by atoms with van der Waals surface area (Å²) >= 11 is 0. The van der Waals surface area contributed by atoms with Crippen LogP contribution in [0.15, 0.2) is 0 Å². The van der Waals surface area contributed by atoms with Crippen LogP contribution in [-0.2, 0) is 4.79 Å². The van der Waals surface area contributed by atoms with Crippen LogP contribution in [0, 0.1) is 5.92 Å². The number of piperidine rings is 1. The van der Waals surface area contributed by atoms with E-state index in [1.54, 1.807) is 6.92 Å². The van der Waals surface area contributed by atoms with Crippen molar-refractivity contribution < 1.29 is 9.90 Å². The third-order valence-electron chi connectivity index (χ3n) is 3.41. The average Bonchev–Trinajstić information content (AvgIpc) is 2.24. The first-order valence-electron chi connectivity index (χ1n) is 6.24. The molecule has 4 nitrogen and oxygen atoms in total. The molecule has 0 aromatic carbocycles. The molecule has 1 heterocycles. The predicted molar refractivity (Wildman–Crippen MR) is 64.1 cm³/mol. The van der Waals surface area contributed by atoms with Gasteiger partial charge in [0, 0.05) is 26.1 Å². The van der Waals surface area contributed by atoms with Crippen LogP contribution in [-0.4, -0.2) is 48.2 Å². The molecule has 1 amide bonds. The third kappa shape index (κ3) is 4.10. The van der Waals surface area contributed by atoms with Crippen molar-refractivity contribution in [3.63, 3.8) is 0 Å². The van der Waals surface area contributed by atoms with E-state index in [9.17, 15) is 9.90 Å². The van der Waals surface area contributed by atoms with E-state index in [-0.39, 0.29) is 12.5 Å². The van der Waals surface area contributed by atoms with Gasteiger partial charge in [0.1, 0.15) is 0 Å². The van der Waals surface area contributed by atoms with Crippen LogP contribution in [0.5, 0.6) is 0 Å². The van der Waals surface area contributed by atoms with E-state index in [0.717, 1.165) is 26.1 Å². The highest BCUT2D eigenvalue weighted by Gasteiger charge is 2.27. The molecule has 16 heavy (non-hydrogen) atoms. The summed E-state index contributed by atoms with van der Waals surface area (Å²) in [5.74, 6) is 0.616. The van der Waals surface area contributed by atoms with Crippen molar-refractivity contribution >= 4 is 5.91 Å². The van der Waals surface area contributed by atoms with Crippen LogP contribution in [0.4, 0.5) is 0 Å². The lowest BCUT2D eigenvalue weighted by molar-refractivity contribution is -0.118. The highest BCUT2D eigenvalue weighted by Crippen LogP contribution is 2.22. The molecule has 1 saturated heterocycles. The first-order valence-corrected chi connectivity index (χ1v) is 6.24. The Morgan fingerprint density at radius 2 is 2.31 bits per heavy atom. The number of amides is 1. The summed E-state index contributed by atoms with van der Waals surface area (Å²) in [5.41, 5.74) is 0. The van der Waals surface area contributed by atoms with Gasteiger partial charge in [-0.1, -0.05) is 6.92 Å². The van der Waals surface area contributed by atoms with Crippen molar-refractivity contribution in [3.05, 3.63) is 0 Å². The number of rotatable bonds is 5. The van der Waals surface area contributed by atoms with Gasteiger partial charge in [-0.25, -0.2) is 0 Å². The van der Waals surface area contributed by atoms with Crippen LogP contribution in [0.2, 0.25) is 0 Å². The minimum Gasteiger partial charge on any atom is -0.395 e. The van der Waals surface area contributed by atoms with Gasteiger partial charge in [-0.15, -0.1) is 0 Å². The molecule has 2 N–H and O–H groups in total. The predicted octanol–water partition coefficient (Wildman–Crippen LogP) is 0.605. The molecule has 1 aliphatic heterocycles. The van der Waals surface area contributed by atoms with Gasteiger partial charge in [0.25, 0.3) is 0 Å². The normalized spacial score (nSPS) is 26.7. The molecule has 0 aromatic rings. The van der Waals surface area contributed by atoms with E-state index in [4.69, 9.17) is 0 Å². The summed E-state index contributed by atoms with van der Waals surface area (Å²) in [7, 11) is 0. The SMILES string of the molecule is CC(=O)NCCCN1CCCC(C)C1CO. The van der Waals surface area contributed by atoms with Crippen molar-refractivity contribution in [3.8, 4) is 0 Å². The van der Waals surface area contributed by atoms with E-state index < -0.39 is 0 Å². The monoisotopic (exact) mass is 228 g/mol. The molecule has 4 heteroatoms. The Hall–Kier alpha value is -0.610. The van der Waals surface area contributed by atoms with Crippen LogP contribution in [0.1, 0.15) is 33.1 Å². The molecule has 94 valence electrons. The van der Waals surface area contributed by atoms with E-state index in [1.165, 1.54) is 12.8 Å². The Bertz CT molecular complexity index is 221. The summed E-state index contributed by atoms with van der Waals surface area (Å²) in [5, 5.41) is 12.2. The fourth-order valence-corrected chi connectivity index (χ4v) is 2.45. The topological polar surface area (TPSA) is 52.6 Å². The molecule has 2 unspecified atom stereocenters. The van der Waals surface area contributed by atoms with Crippen molar-refractivity contribution in [1.29, 1.82) is 0 Å². The second-order valence-electron chi connectivity index (χ2n) is 4.74. The lowest BCUT2D eigenvalue weighted by Crippen LogP contribution is -2.47. The van der Waals surface area contributed by atoms with Crippen LogP contribution in [0.3, 0.4) is 0 Å². The number of aliphatic hydroxyl groups is 1. The zero-order valence-electron chi connectivity index (χ0n) is 10.4. The molecule has 1 rings (SSSR count). The van der Waals surface area contributed by atoms with Gasteiger partial charge >= 0.3 is 0 Å². The molecule has 0 bridgehead atoms. The second-order valence-corrected chi connectivity index (χ2v) is 4.74. The standard InChI is InChI=1S/C12H24N2O2/c1-10-5-3-7-14(12(10)9-15)8-4-6-13-11(2)16/h10,12,15H,3-9H2,1-2H3,(H,13,16). The van der Waals surface area contributed by atoms with Crippen LogP contribution < -0.4 is 5.32 Å². The van der Waals surface area contributed by atoms with Crippen LogP contribution >= 0.6 is 0 Å². The van der Waals surface area contributed by atoms with Gasteiger partial charge in [-0.3, -0.25) is 9.69 Å². The number of hydrogen-bond acceptors (Lipinski definition) is 3. The summed E-state index contributed by atoms with van der Waals surface area (Å²) in [6, 6.07) is 0.311. The maximum atomic E-state index is 10.7. The first-order chi connectivity index (χ1) is 7.65. The summed E-state index contributed by atoms with van der Waals surface area (Å²) in [4.78, 5) is 13.1. The average molecular weight is 228 g/mol. The maximum absolute atomic E-state index is 10.7. The minimum absolute atomic E-state index is 0.0331. The largest absolute Gasteiger partial charge is 0.395 e. The summed E-state index contributed by atoms with van der Waals surface area (Å²) in [6.45, 7) is 6.78. The Morgan fingerprint density at radius 3 is 2.94 bits per heavy atom. The quantitative estimate of drug-likeness (QED) is 0.678. The fourth-order valence-electron chi connectivity index (χ4n) is 2.45. The third-order valence-corrected chi connectivity index (χ3v) is 3.41. The van der Waals surface area contributed by atoms with Gasteiger partial charge in [-0.2, -0.15) is 0 Å².